The van der Waals surface area contributed by atoms with Gasteiger partial charge in [-0.05, 0) is 42.7 Å². The van der Waals surface area contributed by atoms with Crippen LogP contribution in [0.15, 0.2) is 46.9 Å². The van der Waals surface area contributed by atoms with Crippen LogP contribution < -0.4 is 10.5 Å². The molecule has 0 unspecified atom stereocenters. The molecule has 138 valence electrons. The van der Waals surface area contributed by atoms with Gasteiger partial charge in [0.05, 0.1) is 0 Å². The zero-order chi connectivity index (χ0) is 19.1. The second-order valence-electron chi connectivity index (χ2n) is 6.17. The van der Waals surface area contributed by atoms with Crippen LogP contribution >= 0.6 is 15.9 Å². The molecular formula is C20H23BrN2O3. The molecule has 0 saturated carbocycles. The number of carbonyl (C=O) groups excluding carboxylic acids is 2. The lowest BCUT2D eigenvalue weighted by Gasteiger charge is -2.23. The predicted octanol–water partition coefficient (Wildman–Crippen LogP) is 3.35. The molecule has 0 aromatic heterocycles. The fourth-order valence-corrected chi connectivity index (χ4v) is 3.38. The van der Waals surface area contributed by atoms with Gasteiger partial charge < -0.3 is 15.4 Å². The highest BCUT2D eigenvalue weighted by Crippen LogP contribution is 2.27. The standard InChI is InChI=1S/C20H23BrN2O3/c1-14-10-17(21)11-15(2)20(14)26-13-19(25)23(9-8-18(22)24)12-16-6-4-3-5-7-16/h3-7,10-11H,8-9,12-13H2,1-2H3,(H2,22,24). The molecule has 0 bridgehead atoms. The summed E-state index contributed by atoms with van der Waals surface area (Å²) < 4.78 is 6.75. The van der Waals surface area contributed by atoms with Crippen molar-refractivity contribution in [1.29, 1.82) is 0 Å². The van der Waals surface area contributed by atoms with E-state index in [-0.39, 0.29) is 25.5 Å². The van der Waals surface area contributed by atoms with Gasteiger partial charge in [-0.2, -0.15) is 0 Å². The average Bonchev–Trinajstić information content (AvgIpc) is 2.58. The molecule has 5 nitrogen and oxygen atoms in total. The summed E-state index contributed by atoms with van der Waals surface area (Å²) in [6.07, 6.45) is 0.120. The number of nitrogens with zero attached hydrogens (tertiary/aromatic N) is 1. The molecule has 2 aromatic rings. The van der Waals surface area contributed by atoms with E-state index in [1.54, 1.807) is 4.90 Å². The first-order valence-electron chi connectivity index (χ1n) is 8.36. The molecule has 0 atom stereocenters. The van der Waals surface area contributed by atoms with Crippen molar-refractivity contribution in [2.24, 2.45) is 5.73 Å². The Morgan fingerprint density at radius 2 is 1.73 bits per heavy atom. The van der Waals surface area contributed by atoms with E-state index < -0.39 is 5.91 Å². The molecular weight excluding hydrogens is 396 g/mol. The van der Waals surface area contributed by atoms with Crippen LogP contribution in [0.4, 0.5) is 0 Å². The molecule has 2 N–H and O–H groups in total. The maximum Gasteiger partial charge on any atom is 0.260 e. The number of halogens is 1. The highest BCUT2D eigenvalue weighted by molar-refractivity contribution is 9.10. The highest BCUT2D eigenvalue weighted by Gasteiger charge is 2.17. The van der Waals surface area contributed by atoms with Crippen LogP contribution in [-0.2, 0) is 16.1 Å². The van der Waals surface area contributed by atoms with Crippen LogP contribution in [0.1, 0.15) is 23.1 Å². The average molecular weight is 419 g/mol. The Balaban J connectivity index is 2.07. The molecule has 2 amide bonds. The normalized spacial score (nSPS) is 10.4. The lowest BCUT2D eigenvalue weighted by molar-refractivity contribution is -0.134. The van der Waals surface area contributed by atoms with Crippen LogP contribution in [0, 0.1) is 13.8 Å². The molecule has 0 saturated heterocycles. The van der Waals surface area contributed by atoms with Crippen LogP contribution in [0.3, 0.4) is 0 Å². The van der Waals surface area contributed by atoms with E-state index in [0.29, 0.717) is 12.3 Å². The third-order valence-corrected chi connectivity index (χ3v) is 4.42. The van der Waals surface area contributed by atoms with Crippen molar-refractivity contribution < 1.29 is 14.3 Å². The van der Waals surface area contributed by atoms with Crippen LogP contribution in [0.5, 0.6) is 5.75 Å². The van der Waals surface area contributed by atoms with Crippen molar-refractivity contribution in [3.05, 3.63) is 63.6 Å². The number of hydrogen-bond donors (Lipinski definition) is 1. The zero-order valence-corrected chi connectivity index (χ0v) is 16.6. The van der Waals surface area contributed by atoms with E-state index in [1.165, 1.54) is 0 Å². The molecule has 0 fully saturated rings. The second-order valence-corrected chi connectivity index (χ2v) is 7.09. The van der Waals surface area contributed by atoms with Crippen molar-refractivity contribution in [3.8, 4) is 5.75 Å². The Kier molecular flexibility index (Phi) is 7.21. The van der Waals surface area contributed by atoms with E-state index in [4.69, 9.17) is 10.5 Å². The second kappa shape index (κ2) is 9.38. The minimum atomic E-state index is -0.434. The largest absolute Gasteiger partial charge is 0.483 e. The van der Waals surface area contributed by atoms with Crippen LogP contribution in [0.25, 0.3) is 0 Å². The molecule has 6 heteroatoms. The summed E-state index contributed by atoms with van der Waals surface area (Å²) in [7, 11) is 0. The summed E-state index contributed by atoms with van der Waals surface area (Å²) in [5.74, 6) is 0.0873. The van der Waals surface area contributed by atoms with Gasteiger partial charge in [0.1, 0.15) is 5.75 Å². The minimum absolute atomic E-state index is 0.0884. The number of primary amides is 1. The van der Waals surface area contributed by atoms with Gasteiger partial charge >= 0.3 is 0 Å². The van der Waals surface area contributed by atoms with E-state index in [0.717, 1.165) is 21.2 Å². The Labute approximate surface area is 162 Å². The quantitative estimate of drug-likeness (QED) is 0.714. The first-order valence-corrected chi connectivity index (χ1v) is 9.15. The zero-order valence-electron chi connectivity index (χ0n) is 15.0. The van der Waals surface area contributed by atoms with Crippen LogP contribution in [-0.4, -0.2) is 29.9 Å². The molecule has 26 heavy (non-hydrogen) atoms. The first-order chi connectivity index (χ1) is 12.4. The van der Waals surface area contributed by atoms with Gasteiger partial charge in [-0.15, -0.1) is 0 Å². The minimum Gasteiger partial charge on any atom is -0.483 e. The summed E-state index contributed by atoms with van der Waals surface area (Å²) >= 11 is 3.45. The fourth-order valence-electron chi connectivity index (χ4n) is 2.69. The summed E-state index contributed by atoms with van der Waals surface area (Å²) in [6.45, 7) is 4.47. The smallest absolute Gasteiger partial charge is 0.260 e. The molecule has 2 aromatic carbocycles. The Morgan fingerprint density at radius 1 is 1.12 bits per heavy atom. The van der Waals surface area contributed by atoms with Crippen molar-refractivity contribution in [1.82, 2.24) is 4.90 Å². The number of nitrogens with two attached hydrogens (primary N) is 1. The first kappa shape index (κ1) is 20.0. The predicted molar refractivity (Wildman–Crippen MR) is 105 cm³/mol. The van der Waals surface area contributed by atoms with Crippen LogP contribution in [0.2, 0.25) is 0 Å². The summed E-state index contributed by atoms with van der Waals surface area (Å²) in [5.41, 5.74) is 8.14. The number of hydrogen-bond acceptors (Lipinski definition) is 3. The summed E-state index contributed by atoms with van der Waals surface area (Å²) in [5, 5.41) is 0. The van der Waals surface area contributed by atoms with Crippen molar-refractivity contribution >= 4 is 27.7 Å². The molecule has 2 rings (SSSR count). The number of carbonyl (C=O) groups is 2. The van der Waals surface area contributed by atoms with E-state index in [2.05, 4.69) is 15.9 Å². The van der Waals surface area contributed by atoms with Gasteiger partial charge in [0.15, 0.2) is 6.61 Å². The Bertz CT molecular complexity index is 755. The van der Waals surface area contributed by atoms with Gasteiger partial charge in [-0.1, -0.05) is 46.3 Å². The summed E-state index contributed by atoms with van der Waals surface area (Å²) in [4.78, 5) is 25.4. The monoisotopic (exact) mass is 418 g/mol. The van der Waals surface area contributed by atoms with E-state index >= 15 is 0 Å². The SMILES string of the molecule is Cc1cc(Br)cc(C)c1OCC(=O)N(CCC(N)=O)Cc1ccccc1. The van der Waals surface area contributed by atoms with E-state index in [1.807, 2.05) is 56.3 Å². The topological polar surface area (TPSA) is 72.6 Å². The summed E-state index contributed by atoms with van der Waals surface area (Å²) in [6, 6.07) is 13.5. The molecule has 0 aliphatic rings. The maximum atomic E-state index is 12.7. The number of amides is 2. The third kappa shape index (κ3) is 5.88. The molecule has 0 aliphatic carbocycles. The number of ether oxygens (including phenoxy) is 1. The van der Waals surface area contributed by atoms with Crippen molar-refractivity contribution in [3.63, 3.8) is 0 Å². The number of aryl methyl sites for hydroxylation is 2. The molecule has 0 radical (unpaired) electrons. The van der Waals surface area contributed by atoms with Gasteiger partial charge in [0.2, 0.25) is 5.91 Å². The number of rotatable bonds is 8. The maximum absolute atomic E-state index is 12.7. The number of benzene rings is 2. The lowest BCUT2D eigenvalue weighted by Crippen LogP contribution is -2.37. The Hall–Kier alpha value is -2.34. The molecule has 0 spiro atoms. The van der Waals surface area contributed by atoms with E-state index in [9.17, 15) is 9.59 Å². The van der Waals surface area contributed by atoms with Gasteiger partial charge in [0.25, 0.3) is 5.91 Å². The lowest BCUT2D eigenvalue weighted by atomic mass is 10.1. The molecule has 0 aliphatic heterocycles. The van der Waals surface area contributed by atoms with Gasteiger partial charge in [0, 0.05) is 24.0 Å². The molecule has 0 heterocycles. The van der Waals surface area contributed by atoms with Gasteiger partial charge in [-0.3, -0.25) is 9.59 Å². The Morgan fingerprint density at radius 3 is 2.31 bits per heavy atom. The van der Waals surface area contributed by atoms with Gasteiger partial charge in [-0.25, -0.2) is 0 Å². The highest BCUT2D eigenvalue weighted by atomic mass is 79.9. The third-order valence-electron chi connectivity index (χ3n) is 3.96. The fraction of sp³-hybridized carbons (Fsp3) is 0.300. The van der Waals surface area contributed by atoms with Crippen molar-refractivity contribution in [2.45, 2.75) is 26.8 Å². The van der Waals surface area contributed by atoms with Crippen molar-refractivity contribution in [2.75, 3.05) is 13.2 Å².